The maximum Gasteiger partial charge on any atom is 0.403 e. The molecule has 2 aliphatic rings. The summed E-state index contributed by atoms with van der Waals surface area (Å²) < 4.78 is 37.9. The van der Waals surface area contributed by atoms with Gasteiger partial charge in [-0.3, -0.25) is 9.69 Å². The van der Waals surface area contributed by atoms with Crippen LogP contribution < -0.4 is 5.32 Å². The molecule has 1 amide bonds. The average Bonchev–Trinajstić information content (AvgIpc) is 2.83. The lowest BCUT2D eigenvalue weighted by atomic mass is 10.1. The fourth-order valence-corrected chi connectivity index (χ4v) is 2.66. The highest BCUT2D eigenvalue weighted by molar-refractivity contribution is 5.85. The van der Waals surface area contributed by atoms with Crippen molar-refractivity contribution in [1.82, 2.24) is 15.1 Å². The summed E-state index contributed by atoms with van der Waals surface area (Å²) in [5, 5.41) is 12.3. The zero-order valence-electron chi connectivity index (χ0n) is 12.2. The van der Waals surface area contributed by atoms with Gasteiger partial charge in [-0.15, -0.1) is 24.8 Å². The summed E-state index contributed by atoms with van der Waals surface area (Å²) in [5.41, 5.74) is 0. The molecule has 3 unspecified atom stereocenters. The van der Waals surface area contributed by atoms with E-state index in [1.807, 2.05) is 0 Å². The van der Waals surface area contributed by atoms with Crippen LogP contribution in [0.2, 0.25) is 0 Å². The van der Waals surface area contributed by atoms with Gasteiger partial charge in [0.2, 0.25) is 5.91 Å². The third-order valence-corrected chi connectivity index (χ3v) is 4.05. The van der Waals surface area contributed by atoms with Gasteiger partial charge >= 0.3 is 6.18 Å². The van der Waals surface area contributed by atoms with Gasteiger partial charge in [-0.25, -0.2) is 0 Å². The second kappa shape index (κ2) is 8.54. The highest BCUT2D eigenvalue weighted by Gasteiger charge is 2.41. The number of aliphatic hydroxyl groups excluding tert-OH is 1. The largest absolute Gasteiger partial charge is 0.403 e. The summed E-state index contributed by atoms with van der Waals surface area (Å²) in [7, 11) is 0. The van der Waals surface area contributed by atoms with E-state index in [1.165, 1.54) is 4.90 Å². The standard InChI is InChI=1S/C12H20F3N3O2.2ClH/c1-8(12(13,14)15)17-2-4-18(5-3-17)11(20)10-6-9(19)7-16-10;;/h8-10,16,19H,2-7H2,1H3;2*1H. The van der Waals surface area contributed by atoms with Crippen molar-refractivity contribution in [2.75, 3.05) is 32.7 Å². The molecular weight excluding hydrogens is 346 g/mol. The minimum atomic E-state index is -4.23. The number of hydrogen-bond acceptors (Lipinski definition) is 4. The lowest BCUT2D eigenvalue weighted by Gasteiger charge is -2.39. The molecule has 2 fully saturated rings. The highest BCUT2D eigenvalue weighted by atomic mass is 35.5. The molecule has 2 saturated heterocycles. The Morgan fingerprint density at radius 3 is 2.18 bits per heavy atom. The van der Waals surface area contributed by atoms with Gasteiger partial charge in [0.15, 0.2) is 0 Å². The normalized spacial score (nSPS) is 27.8. The van der Waals surface area contributed by atoms with Crippen LogP contribution in [0, 0.1) is 0 Å². The van der Waals surface area contributed by atoms with Crippen molar-refractivity contribution >= 4 is 30.7 Å². The molecule has 0 radical (unpaired) electrons. The summed E-state index contributed by atoms with van der Waals surface area (Å²) in [4.78, 5) is 15.1. The van der Waals surface area contributed by atoms with Crippen LogP contribution in [0.15, 0.2) is 0 Å². The monoisotopic (exact) mass is 367 g/mol. The van der Waals surface area contributed by atoms with E-state index in [0.29, 0.717) is 26.1 Å². The number of nitrogens with zero attached hydrogens (tertiary/aromatic N) is 2. The summed E-state index contributed by atoms with van der Waals surface area (Å²) in [6.45, 7) is 2.58. The van der Waals surface area contributed by atoms with E-state index >= 15 is 0 Å². The van der Waals surface area contributed by atoms with Gasteiger partial charge in [0, 0.05) is 32.7 Å². The number of hydrogen-bond donors (Lipinski definition) is 2. The van der Waals surface area contributed by atoms with Crippen LogP contribution in [0.4, 0.5) is 13.2 Å². The van der Waals surface area contributed by atoms with E-state index in [4.69, 9.17) is 0 Å². The third kappa shape index (κ3) is 5.13. The first kappa shape index (κ1) is 21.7. The van der Waals surface area contributed by atoms with Crippen LogP contribution in [-0.2, 0) is 4.79 Å². The number of amides is 1. The molecule has 5 nitrogen and oxygen atoms in total. The van der Waals surface area contributed by atoms with E-state index < -0.39 is 24.4 Å². The molecule has 0 spiro atoms. The summed E-state index contributed by atoms with van der Waals surface area (Å²) in [6.07, 6.45) is -4.38. The number of rotatable bonds is 2. The molecule has 10 heteroatoms. The van der Waals surface area contributed by atoms with Gasteiger partial charge in [-0.05, 0) is 13.3 Å². The Morgan fingerprint density at radius 1 is 1.23 bits per heavy atom. The zero-order valence-corrected chi connectivity index (χ0v) is 13.8. The van der Waals surface area contributed by atoms with E-state index in [2.05, 4.69) is 5.32 Å². The molecule has 0 aliphatic carbocycles. The zero-order chi connectivity index (χ0) is 14.9. The Labute approximate surface area is 140 Å². The highest BCUT2D eigenvalue weighted by Crippen LogP contribution is 2.25. The van der Waals surface area contributed by atoms with Crippen LogP contribution in [0.25, 0.3) is 0 Å². The predicted molar refractivity (Wildman–Crippen MR) is 80.6 cm³/mol. The van der Waals surface area contributed by atoms with Crippen molar-refractivity contribution in [1.29, 1.82) is 0 Å². The molecule has 2 heterocycles. The van der Waals surface area contributed by atoms with Gasteiger partial charge in [0.05, 0.1) is 12.1 Å². The number of carbonyl (C=O) groups is 1. The molecule has 22 heavy (non-hydrogen) atoms. The van der Waals surface area contributed by atoms with Crippen molar-refractivity contribution < 1.29 is 23.1 Å². The molecule has 2 rings (SSSR count). The predicted octanol–water partition coefficient (Wildman–Crippen LogP) is 0.648. The van der Waals surface area contributed by atoms with Crippen LogP contribution in [0.3, 0.4) is 0 Å². The number of nitrogens with one attached hydrogen (secondary N) is 1. The van der Waals surface area contributed by atoms with Gasteiger partial charge in [0.25, 0.3) is 0 Å². The maximum absolute atomic E-state index is 12.6. The fourth-order valence-electron chi connectivity index (χ4n) is 2.66. The van der Waals surface area contributed by atoms with Crippen LogP contribution in [0.1, 0.15) is 13.3 Å². The van der Waals surface area contributed by atoms with E-state index in [-0.39, 0.29) is 43.8 Å². The van der Waals surface area contributed by atoms with Gasteiger partial charge < -0.3 is 15.3 Å². The quantitative estimate of drug-likeness (QED) is 0.752. The Balaban J connectivity index is 0.00000220. The van der Waals surface area contributed by atoms with Crippen molar-refractivity contribution in [2.24, 2.45) is 0 Å². The molecule has 0 aromatic rings. The smallest absolute Gasteiger partial charge is 0.392 e. The summed E-state index contributed by atoms with van der Waals surface area (Å²) in [6, 6.07) is -1.89. The number of halogens is 5. The van der Waals surface area contributed by atoms with Crippen LogP contribution >= 0.6 is 24.8 Å². The molecule has 3 atom stereocenters. The first-order valence-corrected chi connectivity index (χ1v) is 6.80. The SMILES string of the molecule is CC(N1CCN(C(=O)C2CC(O)CN2)CC1)C(F)(F)F.Cl.Cl. The second-order valence-corrected chi connectivity index (χ2v) is 5.43. The molecule has 0 aromatic carbocycles. The van der Waals surface area contributed by atoms with Gasteiger partial charge in [-0.2, -0.15) is 13.2 Å². The van der Waals surface area contributed by atoms with E-state index in [1.54, 1.807) is 4.90 Å². The van der Waals surface area contributed by atoms with E-state index in [9.17, 15) is 23.1 Å². The molecule has 0 saturated carbocycles. The lowest BCUT2D eigenvalue weighted by molar-refractivity contribution is -0.183. The summed E-state index contributed by atoms with van der Waals surface area (Å²) >= 11 is 0. The number of alkyl halides is 3. The Kier molecular flexibility index (Phi) is 8.43. The molecule has 132 valence electrons. The van der Waals surface area contributed by atoms with Crippen molar-refractivity contribution in [3.8, 4) is 0 Å². The third-order valence-electron chi connectivity index (χ3n) is 4.05. The Morgan fingerprint density at radius 2 is 1.77 bits per heavy atom. The van der Waals surface area contributed by atoms with Crippen molar-refractivity contribution in [3.63, 3.8) is 0 Å². The molecule has 0 aromatic heterocycles. The van der Waals surface area contributed by atoms with Crippen LogP contribution in [-0.4, -0.2) is 77.9 Å². The summed E-state index contributed by atoms with van der Waals surface area (Å²) in [5.74, 6) is -0.124. The first-order valence-electron chi connectivity index (χ1n) is 6.80. The van der Waals surface area contributed by atoms with Crippen molar-refractivity contribution in [2.45, 2.75) is 37.7 Å². The minimum Gasteiger partial charge on any atom is -0.392 e. The number of β-amino-alcohol motifs (C(OH)–C–C–N with tert-alkyl or cyclic N) is 1. The van der Waals surface area contributed by atoms with Gasteiger partial charge in [0.1, 0.15) is 6.04 Å². The van der Waals surface area contributed by atoms with Gasteiger partial charge in [-0.1, -0.05) is 0 Å². The number of piperazine rings is 1. The minimum absolute atomic E-state index is 0. The fraction of sp³-hybridized carbons (Fsp3) is 0.917. The van der Waals surface area contributed by atoms with E-state index in [0.717, 1.165) is 6.92 Å². The number of aliphatic hydroxyl groups is 1. The Hall–Kier alpha value is -0.280. The molecule has 0 bridgehead atoms. The second-order valence-electron chi connectivity index (χ2n) is 5.43. The Bertz CT molecular complexity index is 366. The molecule has 2 aliphatic heterocycles. The molecular formula is C12H22Cl2F3N3O2. The lowest BCUT2D eigenvalue weighted by Crippen LogP contribution is -2.57. The average molecular weight is 368 g/mol. The topological polar surface area (TPSA) is 55.8 Å². The van der Waals surface area contributed by atoms with Crippen molar-refractivity contribution in [3.05, 3.63) is 0 Å². The van der Waals surface area contributed by atoms with Crippen LogP contribution in [0.5, 0.6) is 0 Å². The molecule has 2 N–H and O–H groups in total. The maximum atomic E-state index is 12.6. The number of carbonyl (C=O) groups excluding carboxylic acids is 1. The first-order chi connectivity index (χ1) is 9.29.